The third-order valence-corrected chi connectivity index (χ3v) is 1.88. The lowest BCUT2D eigenvalue weighted by Gasteiger charge is -2.03. The molecule has 0 radical (unpaired) electrons. The molecule has 0 aliphatic rings. The lowest BCUT2D eigenvalue weighted by atomic mass is 10.1. The molecule has 0 heterocycles. The average molecular weight is 251 g/mol. The summed E-state index contributed by atoms with van der Waals surface area (Å²) < 4.78 is 31.1. The molecule has 0 saturated heterocycles. The maximum atomic E-state index is 13.4. The summed E-state index contributed by atoms with van der Waals surface area (Å²) in [6.45, 7) is -0.113. The molecule has 0 saturated carbocycles. The summed E-state index contributed by atoms with van der Waals surface area (Å²) in [4.78, 5) is 13.5. The summed E-state index contributed by atoms with van der Waals surface area (Å²) >= 11 is 0. The zero-order valence-electron chi connectivity index (χ0n) is 9.28. The third-order valence-electron chi connectivity index (χ3n) is 1.88. The fourth-order valence-electron chi connectivity index (χ4n) is 1.15. The molecule has 0 N–H and O–H groups in total. The number of benzene rings is 1. The van der Waals surface area contributed by atoms with Gasteiger partial charge in [0.25, 0.3) is 0 Å². The van der Waals surface area contributed by atoms with Crippen molar-refractivity contribution in [1.82, 2.24) is 0 Å². The normalized spacial score (nSPS) is 8.83. The second kappa shape index (κ2) is 6.23. The molecule has 0 fully saturated rings. The molecule has 0 aliphatic heterocycles. The lowest BCUT2D eigenvalue weighted by Crippen LogP contribution is -2.08. The summed E-state index contributed by atoms with van der Waals surface area (Å²) in [6, 6.07) is 1.80. The number of rotatable bonds is 2. The van der Waals surface area contributed by atoms with Gasteiger partial charge in [-0.05, 0) is 17.7 Å². The molecule has 0 atom stereocenters. The van der Waals surface area contributed by atoms with Gasteiger partial charge in [0, 0.05) is 10.5 Å². The second-order valence-corrected chi connectivity index (χ2v) is 3.00. The highest BCUT2D eigenvalue weighted by Crippen LogP contribution is 2.15. The highest BCUT2D eigenvalue weighted by Gasteiger charge is 2.18. The Labute approximate surface area is 101 Å². The molecule has 0 amide bonds. The van der Waals surface area contributed by atoms with Crippen molar-refractivity contribution in [2.45, 2.75) is 0 Å². The first-order valence-corrected chi connectivity index (χ1v) is 4.67. The number of carbonyl (C=O) groups excluding carboxylic acids is 1. The molecule has 0 aromatic heterocycles. The molecule has 0 unspecified atom stereocenters. The minimum Gasteiger partial charge on any atom is -0.465 e. The zero-order chi connectivity index (χ0) is 13.5. The van der Waals surface area contributed by atoms with E-state index in [0.717, 1.165) is 19.2 Å². The number of nitrogens with zero attached hydrogens (tertiary/aromatic N) is 3. The SMILES string of the molecule is COC(=O)c1c(F)cc(C#CCN=[N+]=[N-])cc1F. The van der Waals surface area contributed by atoms with Gasteiger partial charge in [-0.25, -0.2) is 13.6 Å². The monoisotopic (exact) mass is 251 g/mol. The number of esters is 1. The first-order valence-electron chi connectivity index (χ1n) is 4.67. The summed E-state index contributed by atoms with van der Waals surface area (Å²) in [5.74, 6) is 1.58. The largest absolute Gasteiger partial charge is 0.465 e. The fourth-order valence-corrected chi connectivity index (χ4v) is 1.15. The van der Waals surface area contributed by atoms with Gasteiger partial charge in [0.1, 0.15) is 17.2 Å². The summed E-state index contributed by atoms with van der Waals surface area (Å²) in [5, 5.41) is 3.14. The highest BCUT2D eigenvalue weighted by molar-refractivity contribution is 5.90. The molecule has 0 aliphatic carbocycles. The predicted molar refractivity (Wildman–Crippen MR) is 58.6 cm³/mol. The van der Waals surface area contributed by atoms with Crippen LogP contribution in [0.4, 0.5) is 8.78 Å². The van der Waals surface area contributed by atoms with Gasteiger partial charge in [-0.2, -0.15) is 0 Å². The van der Waals surface area contributed by atoms with Crippen LogP contribution >= 0.6 is 0 Å². The average Bonchev–Trinajstić information content (AvgIpc) is 2.33. The van der Waals surface area contributed by atoms with Gasteiger partial charge in [0.05, 0.1) is 13.7 Å². The van der Waals surface area contributed by atoms with Crippen molar-refractivity contribution in [2.24, 2.45) is 5.11 Å². The van der Waals surface area contributed by atoms with E-state index in [4.69, 9.17) is 5.53 Å². The Kier molecular flexibility index (Phi) is 4.67. The van der Waals surface area contributed by atoms with Crippen LogP contribution in [-0.4, -0.2) is 19.6 Å². The Balaban J connectivity index is 3.09. The van der Waals surface area contributed by atoms with Crippen LogP contribution < -0.4 is 0 Å². The minimum atomic E-state index is -1.10. The maximum Gasteiger partial charge on any atom is 0.343 e. The van der Waals surface area contributed by atoms with Crippen LogP contribution in [0.15, 0.2) is 17.2 Å². The summed E-state index contributed by atoms with van der Waals surface area (Å²) in [5.41, 5.74) is 7.26. The minimum absolute atomic E-state index is 0.0331. The van der Waals surface area contributed by atoms with Crippen molar-refractivity contribution < 1.29 is 18.3 Å². The summed E-state index contributed by atoms with van der Waals surface area (Å²) in [7, 11) is 1.02. The van der Waals surface area contributed by atoms with Crippen LogP contribution in [-0.2, 0) is 4.74 Å². The Morgan fingerprint density at radius 3 is 2.61 bits per heavy atom. The molecule has 0 bridgehead atoms. The first-order chi connectivity index (χ1) is 8.60. The second-order valence-electron chi connectivity index (χ2n) is 3.00. The van der Waals surface area contributed by atoms with Crippen LogP contribution in [0.3, 0.4) is 0 Å². The van der Waals surface area contributed by atoms with Crippen molar-refractivity contribution >= 4 is 5.97 Å². The van der Waals surface area contributed by atoms with Crippen LogP contribution in [0.25, 0.3) is 10.4 Å². The van der Waals surface area contributed by atoms with E-state index in [1.54, 1.807) is 0 Å². The molecule has 1 rings (SSSR count). The number of ether oxygens (including phenoxy) is 1. The Morgan fingerprint density at radius 2 is 2.11 bits per heavy atom. The fraction of sp³-hybridized carbons (Fsp3) is 0.182. The molecule has 1 aromatic carbocycles. The van der Waals surface area contributed by atoms with Crippen molar-refractivity contribution in [3.05, 3.63) is 45.3 Å². The van der Waals surface area contributed by atoms with Crippen LogP contribution in [0.1, 0.15) is 15.9 Å². The molecule has 0 spiro atoms. The number of hydrogen-bond donors (Lipinski definition) is 0. The van der Waals surface area contributed by atoms with Gasteiger partial charge < -0.3 is 4.74 Å². The predicted octanol–water partition coefficient (Wildman–Crippen LogP) is 2.41. The van der Waals surface area contributed by atoms with Crippen LogP contribution in [0.5, 0.6) is 0 Å². The number of hydrogen-bond acceptors (Lipinski definition) is 3. The van der Waals surface area contributed by atoms with E-state index in [2.05, 4.69) is 26.6 Å². The van der Waals surface area contributed by atoms with E-state index >= 15 is 0 Å². The van der Waals surface area contributed by atoms with Gasteiger partial charge in [0.15, 0.2) is 0 Å². The number of carbonyl (C=O) groups is 1. The molecule has 7 heteroatoms. The quantitative estimate of drug-likeness (QED) is 0.266. The van der Waals surface area contributed by atoms with Crippen molar-refractivity contribution in [3.63, 3.8) is 0 Å². The summed E-state index contributed by atoms with van der Waals surface area (Å²) in [6.07, 6.45) is 0. The van der Waals surface area contributed by atoms with Gasteiger partial charge in [-0.15, -0.1) is 0 Å². The van der Waals surface area contributed by atoms with E-state index in [1.807, 2.05) is 0 Å². The molecular formula is C11H7F2N3O2. The van der Waals surface area contributed by atoms with E-state index in [0.29, 0.717) is 0 Å². The van der Waals surface area contributed by atoms with Crippen LogP contribution in [0, 0.1) is 23.5 Å². The molecular weight excluding hydrogens is 244 g/mol. The topological polar surface area (TPSA) is 75.1 Å². The van der Waals surface area contributed by atoms with Gasteiger partial charge >= 0.3 is 5.97 Å². The van der Waals surface area contributed by atoms with Gasteiger partial charge in [-0.1, -0.05) is 17.0 Å². The van der Waals surface area contributed by atoms with E-state index in [1.165, 1.54) is 0 Å². The number of methoxy groups -OCH3 is 1. The highest BCUT2D eigenvalue weighted by atomic mass is 19.1. The van der Waals surface area contributed by atoms with E-state index < -0.39 is 23.2 Å². The lowest BCUT2D eigenvalue weighted by molar-refractivity contribution is 0.0590. The molecule has 92 valence electrons. The number of azide groups is 1. The Hall–Kier alpha value is -2.58. The van der Waals surface area contributed by atoms with Crippen molar-refractivity contribution in [2.75, 3.05) is 13.7 Å². The van der Waals surface area contributed by atoms with E-state index in [9.17, 15) is 13.6 Å². The van der Waals surface area contributed by atoms with Gasteiger partial charge in [0.2, 0.25) is 0 Å². The Morgan fingerprint density at radius 1 is 1.50 bits per heavy atom. The third kappa shape index (κ3) is 3.20. The van der Waals surface area contributed by atoms with Crippen LogP contribution in [0.2, 0.25) is 0 Å². The zero-order valence-corrected chi connectivity index (χ0v) is 9.28. The molecule has 5 nitrogen and oxygen atoms in total. The van der Waals surface area contributed by atoms with Gasteiger partial charge in [-0.3, -0.25) is 0 Å². The smallest absolute Gasteiger partial charge is 0.343 e. The van der Waals surface area contributed by atoms with Crippen molar-refractivity contribution in [1.29, 1.82) is 0 Å². The number of halogens is 2. The first kappa shape index (κ1) is 13.5. The van der Waals surface area contributed by atoms with Crippen molar-refractivity contribution in [3.8, 4) is 11.8 Å². The molecule has 18 heavy (non-hydrogen) atoms. The standard InChI is InChI=1S/C11H7F2N3O2/c1-18-11(17)10-8(12)5-7(6-9(10)13)3-2-4-15-16-14/h5-6H,4H2,1H3. The maximum absolute atomic E-state index is 13.4. The molecule has 1 aromatic rings. The Bertz CT molecular complexity index is 561. The van der Waals surface area contributed by atoms with E-state index in [-0.39, 0.29) is 12.1 Å².